The monoisotopic (exact) mass is 353 g/mol. The summed E-state index contributed by atoms with van der Waals surface area (Å²) in [6.45, 7) is 5.60. The summed E-state index contributed by atoms with van der Waals surface area (Å²) in [5.41, 5.74) is 1.80. The van der Waals surface area contributed by atoms with Crippen molar-refractivity contribution in [1.82, 2.24) is 15.1 Å². The molecule has 5 nitrogen and oxygen atoms in total. The molecule has 1 unspecified atom stereocenters. The third kappa shape index (κ3) is 5.21. The van der Waals surface area contributed by atoms with Gasteiger partial charge in [-0.15, -0.1) is 12.4 Å². The number of amides is 2. The van der Waals surface area contributed by atoms with Crippen molar-refractivity contribution in [3.05, 3.63) is 35.4 Å². The van der Waals surface area contributed by atoms with Crippen molar-refractivity contribution >= 4 is 24.2 Å². The van der Waals surface area contributed by atoms with Crippen LogP contribution in [-0.4, -0.2) is 60.9 Å². The number of hydrogen-bond acceptors (Lipinski definition) is 3. The Morgan fingerprint density at radius 1 is 1.25 bits per heavy atom. The van der Waals surface area contributed by atoms with Crippen LogP contribution in [0.4, 0.5) is 0 Å². The molecular formula is C18H28ClN3O2. The number of nitrogens with zero attached hydrogens (tertiary/aromatic N) is 2. The van der Waals surface area contributed by atoms with E-state index in [2.05, 4.69) is 10.2 Å². The fourth-order valence-corrected chi connectivity index (χ4v) is 3.02. The van der Waals surface area contributed by atoms with Crippen LogP contribution >= 0.6 is 12.4 Å². The molecule has 0 bridgehead atoms. The summed E-state index contributed by atoms with van der Waals surface area (Å²) in [6.07, 6.45) is 1.76. The Hall–Kier alpha value is -1.59. The number of carbonyl (C=O) groups is 2. The Morgan fingerprint density at radius 2 is 1.88 bits per heavy atom. The minimum absolute atomic E-state index is 0. The Labute approximate surface area is 150 Å². The molecule has 0 saturated carbocycles. The lowest BCUT2D eigenvalue weighted by molar-refractivity contribution is -0.134. The summed E-state index contributed by atoms with van der Waals surface area (Å²) in [5.74, 6) is 0.122. The maximum atomic E-state index is 12.3. The molecule has 1 saturated heterocycles. The molecule has 1 aliphatic rings. The van der Waals surface area contributed by atoms with Gasteiger partial charge in [0, 0.05) is 38.8 Å². The minimum Gasteiger partial charge on any atom is -0.349 e. The van der Waals surface area contributed by atoms with Crippen molar-refractivity contribution in [1.29, 1.82) is 0 Å². The van der Waals surface area contributed by atoms with Gasteiger partial charge < -0.3 is 10.2 Å². The maximum Gasteiger partial charge on any atom is 0.251 e. The van der Waals surface area contributed by atoms with Gasteiger partial charge in [0.2, 0.25) is 5.91 Å². The van der Waals surface area contributed by atoms with Gasteiger partial charge in [0.1, 0.15) is 0 Å². The summed E-state index contributed by atoms with van der Waals surface area (Å²) in [4.78, 5) is 28.2. The number of likely N-dealkylation sites (N-methyl/N-ethyl adjacent to an activating group) is 1. The smallest absolute Gasteiger partial charge is 0.251 e. The lowest BCUT2D eigenvalue weighted by Crippen LogP contribution is -2.51. The van der Waals surface area contributed by atoms with Crippen molar-refractivity contribution in [2.24, 2.45) is 0 Å². The van der Waals surface area contributed by atoms with Crippen LogP contribution in [0.2, 0.25) is 0 Å². The van der Waals surface area contributed by atoms with Gasteiger partial charge in [-0.25, -0.2) is 0 Å². The van der Waals surface area contributed by atoms with Crippen LogP contribution < -0.4 is 5.32 Å². The van der Waals surface area contributed by atoms with E-state index in [-0.39, 0.29) is 36.3 Å². The standard InChI is InChI=1S/C18H27N3O2.ClH/c1-13-6-5-7-15(12-13)17(22)19-16-8-10-21(11-9-16)14(2)18(23)20(3)4;/h5-7,12,14,16H,8-11H2,1-4H3,(H,19,22);1H. The van der Waals surface area contributed by atoms with Crippen LogP contribution in [0.25, 0.3) is 0 Å². The number of halogens is 1. The van der Waals surface area contributed by atoms with Crippen LogP contribution in [0, 0.1) is 6.92 Å². The van der Waals surface area contributed by atoms with Crippen LogP contribution in [0.5, 0.6) is 0 Å². The first-order chi connectivity index (χ1) is 10.9. The van der Waals surface area contributed by atoms with Crippen molar-refractivity contribution in [2.75, 3.05) is 27.2 Å². The average molecular weight is 354 g/mol. The average Bonchev–Trinajstić information content (AvgIpc) is 2.54. The molecular weight excluding hydrogens is 326 g/mol. The van der Waals surface area contributed by atoms with Gasteiger partial charge in [-0.2, -0.15) is 0 Å². The Morgan fingerprint density at radius 3 is 2.42 bits per heavy atom. The van der Waals surface area contributed by atoms with E-state index in [4.69, 9.17) is 0 Å². The third-order valence-corrected chi connectivity index (χ3v) is 4.49. The third-order valence-electron chi connectivity index (χ3n) is 4.49. The number of piperidine rings is 1. The predicted molar refractivity (Wildman–Crippen MR) is 98.6 cm³/mol. The highest BCUT2D eigenvalue weighted by Gasteiger charge is 2.28. The van der Waals surface area contributed by atoms with Crippen LogP contribution in [0.3, 0.4) is 0 Å². The van der Waals surface area contributed by atoms with E-state index in [0.717, 1.165) is 31.5 Å². The van der Waals surface area contributed by atoms with Gasteiger partial charge >= 0.3 is 0 Å². The predicted octanol–water partition coefficient (Wildman–Crippen LogP) is 2.09. The van der Waals surface area contributed by atoms with Gasteiger partial charge in [-0.1, -0.05) is 17.7 Å². The van der Waals surface area contributed by atoms with E-state index >= 15 is 0 Å². The summed E-state index contributed by atoms with van der Waals surface area (Å²) in [7, 11) is 3.57. The van der Waals surface area contributed by atoms with Gasteiger partial charge in [-0.05, 0) is 38.8 Å². The molecule has 0 radical (unpaired) electrons. The van der Waals surface area contributed by atoms with Gasteiger partial charge in [0.05, 0.1) is 6.04 Å². The minimum atomic E-state index is -0.0987. The second kappa shape index (κ2) is 9.04. The zero-order valence-electron chi connectivity index (χ0n) is 14.9. The maximum absolute atomic E-state index is 12.3. The number of aryl methyl sites for hydroxylation is 1. The first-order valence-corrected chi connectivity index (χ1v) is 8.21. The van der Waals surface area contributed by atoms with E-state index in [9.17, 15) is 9.59 Å². The highest BCUT2D eigenvalue weighted by atomic mass is 35.5. The molecule has 134 valence electrons. The number of likely N-dealkylation sites (tertiary alicyclic amines) is 1. The number of nitrogens with one attached hydrogen (secondary N) is 1. The van der Waals surface area contributed by atoms with Crippen molar-refractivity contribution < 1.29 is 9.59 Å². The number of hydrogen-bond donors (Lipinski definition) is 1. The second-order valence-electron chi connectivity index (χ2n) is 6.56. The molecule has 6 heteroatoms. The van der Waals surface area contributed by atoms with E-state index < -0.39 is 0 Å². The molecule has 1 N–H and O–H groups in total. The second-order valence-corrected chi connectivity index (χ2v) is 6.56. The van der Waals surface area contributed by atoms with Crippen molar-refractivity contribution in [3.63, 3.8) is 0 Å². The Bertz CT molecular complexity index is 569. The first-order valence-electron chi connectivity index (χ1n) is 8.21. The number of carbonyl (C=O) groups excluding carboxylic acids is 2. The Kier molecular flexibility index (Phi) is 7.70. The zero-order valence-corrected chi connectivity index (χ0v) is 15.7. The SMILES string of the molecule is Cc1cccc(C(=O)NC2CCN(C(C)C(=O)N(C)C)CC2)c1.Cl. The number of rotatable bonds is 4. The molecule has 0 aliphatic carbocycles. The van der Waals surface area contributed by atoms with Crippen molar-refractivity contribution in [3.8, 4) is 0 Å². The molecule has 1 heterocycles. The molecule has 0 aromatic heterocycles. The normalized spacial score (nSPS) is 16.8. The molecule has 1 aromatic carbocycles. The molecule has 0 spiro atoms. The highest BCUT2D eigenvalue weighted by molar-refractivity contribution is 5.94. The molecule has 1 atom stereocenters. The van der Waals surface area contributed by atoms with Crippen LogP contribution in [0.15, 0.2) is 24.3 Å². The van der Waals surface area contributed by atoms with Crippen LogP contribution in [-0.2, 0) is 4.79 Å². The molecule has 2 amide bonds. The van der Waals surface area contributed by atoms with E-state index in [1.54, 1.807) is 19.0 Å². The van der Waals surface area contributed by atoms with Gasteiger partial charge in [0.25, 0.3) is 5.91 Å². The summed E-state index contributed by atoms with van der Waals surface area (Å²) < 4.78 is 0. The van der Waals surface area contributed by atoms with E-state index in [1.165, 1.54) is 0 Å². The van der Waals surface area contributed by atoms with Crippen LogP contribution in [0.1, 0.15) is 35.7 Å². The first kappa shape index (κ1) is 20.5. The lowest BCUT2D eigenvalue weighted by Gasteiger charge is -2.36. The largest absolute Gasteiger partial charge is 0.349 e. The van der Waals surface area contributed by atoms with Gasteiger partial charge in [-0.3, -0.25) is 14.5 Å². The van der Waals surface area contributed by atoms with Gasteiger partial charge in [0.15, 0.2) is 0 Å². The summed E-state index contributed by atoms with van der Waals surface area (Å²) >= 11 is 0. The Balaban J connectivity index is 0.00000288. The lowest BCUT2D eigenvalue weighted by atomic mass is 10.0. The van der Waals surface area contributed by atoms with E-state index in [0.29, 0.717) is 5.56 Å². The molecule has 2 rings (SSSR count). The molecule has 1 aromatic rings. The van der Waals surface area contributed by atoms with Crippen molar-refractivity contribution in [2.45, 2.75) is 38.8 Å². The fourth-order valence-electron chi connectivity index (χ4n) is 3.02. The van der Waals surface area contributed by atoms with E-state index in [1.807, 2.05) is 38.1 Å². The quantitative estimate of drug-likeness (QED) is 0.901. The summed E-state index contributed by atoms with van der Waals surface area (Å²) in [5, 5.41) is 3.11. The molecule has 1 aliphatic heterocycles. The molecule has 24 heavy (non-hydrogen) atoms. The topological polar surface area (TPSA) is 52.7 Å². The zero-order chi connectivity index (χ0) is 17.0. The fraction of sp³-hybridized carbons (Fsp3) is 0.556. The summed E-state index contributed by atoms with van der Waals surface area (Å²) in [6, 6.07) is 7.72. The highest BCUT2D eigenvalue weighted by Crippen LogP contribution is 2.15. The molecule has 1 fully saturated rings. The number of benzene rings is 1.